The fraction of sp³-hybridized carbons (Fsp3) is 0.906. The van der Waals surface area contributed by atoms with Crippen LogP contribution in [0.4, 0.5) is 0 Å². The van der Waals surface area contributed by atoms with Gasteiger partial charge >= 0.3 is 5.97 Å². The SMILES string of the molecule is CC(=O)OC[C@@]1(C)CC[C@]2(C)CC[C@]3(C)C(=CC[C@@H]4[C@@]5(C)CC[C@H](O)C(C)(C)[C@@H]5CC[C@]43C)[C@@H]2C1. The van der Waals surface area contributed by atoms with E-state index in [-0.39, 0.29) is 28.3 Å². The van der Waals surface area contributed by atoms with Gasteiger partial charge in [-0.1, -0.05) is 60.1 Å². The number of ether oxygens (including phenoxy) is 1. The van der Waals surface area contributed by atoms with E-state index < -0.39 is 0 Å². The Morgan fingerprint density at radius 1 is 0.943 bits per heavy atom. The second-order valence-corrected chi connectivity index (χ2v) is 15.7. The Morgan fingerprint density at radius 3 is 2.31 bits per heavy atom. The number of carbonyl (C=O) groups is 1. The lowest BCUT2D eigenvalue weighted by Crippen LogP contribution is -2.64. The van der Waals surface area contributed by atoms with E-state index in [1.165, 1.54) is 44.9 Å². The summed E-state index contributed by atoms with van der Waals surface area (Å²) in [6.45, 7) is 19.6. The van der Waals surface area contributed by atoms with Gasteiger partial charge in [-0.15, -0.1) is 0 Å². The molecule has 9 atom stereocenters. The molecule has 5 rings (SSSR count). The summed E-state index contributed by atoms with van der Waals surface area (Å²) in [5.41, 5.74) is 3.09. The van der Waals surface area contributed by atoms with Crippen molar-refractivity contribution in [2.24, 2.45) is 50.2 Å². The van der Waals surface area contributed by atoms with E-state index in [0.717, 1.165) is 19.3 Å². The van der Waals surface area contributed by atoms with Crippen molar-refractivity contribution in [1.29, 1.82) is 0 Å². The fourth-order valence-corrected chi connectivity index (χ4v) is 10.8. The van der Waals surface area contributed by atoms with Gasteiger partial charge in [0.1, 0.15) is 0 Å². The first-order valence-electron chi connectivity index (χ1n) is 14.6. The predicted molar refractivity (Wildman–Crippen MR) is 142 cm³/mol. The van der Waals surface area contributed by atoms with Gasteiger partial charge in [0.05, 0.1) is 12.7 Å². The Kier molecular flexibility index (Phi) is 5.78. The summed E-state index contributed by atoms with van der Waals surface area (Å²) in [7, 11) is 0. The van der Waals surface area contributed by atoms with E-state index >= 15 is 0 Å². The first-order chi connectivity index (χ1) is 16.1. The molecule has 0 unspecified atom stereocenters. The van der Waals surface area contributed by atoms with Crippen LogP contribution >= 0.6 is 0 Å². The highest BCUT2D eigenvalue weighted by Gasteiger charge is 2.67. The van der Waals surface area contributed by atoms with Gasteiger partial charge in [-0.25, -0.2) is 0 Å². The van der Waals surface area contributed by atoms with E-state index in [2.05, 4.69) is 54.5 Å². The summed E-state index contributed by atoms with van der Waals surface area (Å²) in [5, 5.41) is 10.9. The maximum Gasteiger partial charge on any atom is 0.302 e. The molecule has 4 saturated carbocycles. The molecule has 5 aliphatic carbocycles. The number of carbonyl (C=O) groups excluding carboxylic acids is 1. The van der Waals surface area contributed by atoms with Gasteiger partial charge in [-0.2, -0.15) is 0 Å². The Balaban J connectivity index is 1.51. The average molecular weight is 485 g/mol. The molecular formula is C32H52O3. The minimum Gasteiger partial charge on any atom is -0.465 e. The van der Waals surface area contributed by atoms with Crippen molar-refractivity contribution in [3.05, 3.63) is 11.6 Å². The largest absolute Gasteiger partial charge is 0.465 e. The van der Waals surface area contributed by atoms with Gasteiger partial charge in [0, 0.05) is 12.3 Å². The fourth-order valence-electron chi connectivity index (χ4n) is 10.8. The molecule has 35 heavy (non-hydrogen) atoms. The first-order valence-corrected chi connectivity index (χ1v) is 14.6. The van der Waals surface area contributed by atoms with Crippen LogP contribution in [0.5, 0.6) is 0 Å². The summed E-state index contributed by atoms with van der Waals surface area (Å²) in [6, 6.07) is 0. The van der Waals surface area contributed by atoms with Crippen molar-refractivity contribution in [2.75, 3.05) is 6.61 Å². The molecule has 0 spiro atoms. The lowest BCUT2D eigenvalue weighted by Gasteiger charge is -2.71. The van der Waals surface area contributed by atoms with Crippen LogP contribution in [0.15, 0.2) is 11.6 Å². The van der Waals surface area contributed by atoms with Crippen LogP contribution in [0.2, 0.25) is 0 Å². The highest BCUT2D eigenvalue weighted by atomic mass is 16.5. The molecule has 5 aliphatic rings. The van der Waals surface area contributed by atoms with E-state index in [0.29, 0.717) is 40.6 Å². The van der Waals surface area contributed by atoms with Crippen LogP contribution in [-0.2, 0) is 9.53 Å². The van der Waals surface area contributed by atoms with Gasteiger partial charge < -0.3 is 9.84 Å². The van der Waals surface area contributed by atoms with Gasteiger partial charge in [0.25, 0.3) is 0 Å². The third kappa shape index (κ3) is 3.48. The number of allylic oxidation sites excluding steroid dienone is 2. The van der Waals surface area contributed by atoms with Gasteiger partial charge in [0.2, 0.25) is 0 Å². The molecular weight excluding hydrogens is 432 g/mol. The Hall–Kier alpha value is -0.830. The number of aliphatic hydroxyl groups excluding tert-OH is 1. The highest BCUT2D eigenvalue weighted by Crippen LogP contribution is 2.75. The monoisotopic (exact) mass is 484 g/mol. The molecule has 1 N–H and O–H groups in total. The lowest BCUT2D eigenvalue weighted by atomic mass is 9.33. The molecule has 0 aliphatic heterocycles. The zero-order chi connectivity index (χ0) is 25.7. The van der Waals surface area contributed by atoms with Crippen molar-refractivity contribution >= 4 is 5.97 Å². The summed E-state index contributed by atoms with van der Waals surface area (Å²) < 4.78 is 5.59. The van der Waals surface area contributed by atoms with Crippen LogP contribution in [0.1, 0.15) is 120 Å². The quantitative estimate of drug-likeness (QED) is 0.322. The number of aliphatic hydroxyl groups is 1. The number of hydrogen-bond donors (Lipinski definition) is 1. The number of fused-ring (bicyclic) bond motifs is 7. The molecule has 198 valence electrons. The predicted octanol–water partition coefficient (Wildman–Crippen LogP) is 7.71. The van der Waals surface area contributed by atoms with Crippen LogP contribution in [0, 0.1) is 50.2 Å². The number of hydrogen-bond acceptors (Lipinski definition) is 3. The normalized spacial score (nSPS) is 52.8. The Bertz CT molecular complexity index is 920. The van der Waals surface area contributed by atoms with Crippen molar-refractivity contribution in [1.82, 2.24) is 0 Å². The van der Waals surface area contributed by atoms with Crippen LogP contribution in [0.3, 0.4) is 0 Å². The number of rotatable bonds is 2. The molecule has 0 aromatic heterocycles. The third-order valence-corrected chi connectivity index (χ3v) is 13.5. The van der Waals surface area contributed by atoms with Gasteiger partial charge in [-0.05, 0) is 109 Å². The molecule has 0 saturated heterocycles. The first kappa shape index (κ1) is 25.8. The smallest absolute Gasteiger partial charge is 0.302 e. The molecule has 0 heterocycles. The summed E-state index contributed by atoms with van der Waals surface area (Å²) in [6.07, 6.45) is 14.6. The van der Waals surface area contributed by atoms with Crippen LogP contribution in [0.25, 0.3) is 0 Å². The summed E-state index contributed by atoms with van der Waals surface area (Å²) in [5.74, 6) is 1.75. The molecule has 3 heteroatoms. The maximum absolute atomic E-state index is 11.6. The highest BCUT2D eigenvalue weighted by molar-refractivity contribution is 5.65. The van der Waals surface area contributed by atoms with Gasteiger partial charge in [-0.3, -0.25) is 4.79 Å². The minimum atomic E-state index is -0.164. The van der Waals surface area contributed by atoms with Crippen molar-refractivity contribution in [2.45, 2.75) is 126 Å². The maximum atomic E-state index is 11.6. The van der Waals surface area contributed by atoms with Gasteiger partial charge in [0.15, 0.2) is 0 Å². The van der Waals surface area contributed by atoms with E-state index in [1.807, 2.05) is 0 Å². The lowest BCUT2D eigenvalue weighted by molar-refractivity contribution is -0.203. The van der Waals surface area contributed by atoms with E-state index in [1.54, 1.807) is 12.5 Å². The summed E-state index contributed by atoms with van der Waals surface area (Å²) >= 11 is 0. The Labute approximate surface area is 214 Å². The molecule has 0 aromatic rings. The molecule has 0 amide bonds. The molecule has 0 bridgehead atoms. The second kappa shape index (κ2) is 7.84. The van der Waals surface area contributed by atoms with E-state index in [4.69, 9.17) is 4.74 Å². The molecule has 3 nitrogen and oxygen atoms in total. The average Bonchev–Trinajstić information content (AvgIpc) is 2.77. The standard InChI is InChI=1S/C32H52O3/c1-21(33)35-20-28(4)15-16-29(5)17-18-31(7)22(23(29)19-28)9-10-25-30(6)13-12-26(34)27(2,3)24(30)11-14-32(25,31)8/h9,23-26,34H,10-20H2,1-8H3/t23-,24-,25+,26-,28-,29+,30-,31+,32+/m0/s1. The number of esters is 1. The zero-order valence-corrected chi connectivity index (χ0v) is 23.9. The van der Waals surface area contributed by atoms with Crippen molar-refractivity contribution in [3.8, 4) is 0 Å². The van der Waals surface area contributed by atoms with Crippen LogP contribution < -0.4 is 0 Å². The van der Waals surface area contributed by atoms with Crippen LogP contribution in [-0.4, -0.2) is 23.8 Å². The molecule has 0 aromatic carbocycles. The molecule has 4 fully saturated rings. The molecule has 0 radical (unpaired) electrons. The topological polar surface area (TPSA) is 46.5 Å². The Morgan fingerprint density at radius 2 is 1.63 bits per heavy atom. The van der Waals surface area contributed by atoms with E-state index in [9.17, 15) is 9.90 Å². The van der Waals surface area contributed by atoms with Crippen molar-refractivity contribution in [3.63, 3.8) is 0 Å². The van der Waals surface area contributed by atoms with Crippen molar-refractivity contribution < 1.29 is 14.6 Å². The summed E-state index contributed by atoms with van der Waals surface area (Å²) in [4.78, 5) is 11.6. The zero-order valence-electron chi connectivity index (χ0n) is 23.9. The minimum absolute atomic E-state index is 0.00621. The second-order valence-electron chi connectivity index (χ2n) is 15.7. The third-order valence-electron chi connectivity index (χ3n) is 13.5.